The minimum Gasteiger partial charge on any atom is -0.391 e. The molecule has 1 atom stereocenters. The van der Waals surface area contributed by atoms with Crippen LogP contribution in [0.3, 0.4) is 0 Å². The van der Waals surface area contributed by atoms with Gasteiger partial charge >= 0.3 is 5.69 Å². The first-order valence-electron chi connectivity index (χ1n) is 5.79. The summed E-state index contributed by atoms with van der Waals surface area (Å²) >= 11 is 0. The Morgan fingerprint density at radius 1 is 1.44 bits per heavy atom. The minimum atomic E-state index is -0.489. The summed E-state index contributed by atoms with van der Waals surface area (Å²) in [6.45, 7) is 0. The Labute approximate surface area is 93.3 Å². The highest BCUT2D eigenvalue weighted by Gasteiger charge is 2.53. The monoisotopic (exact) mass is 223 g/mol. The molecule has 16 heavy (non-hydrogen) atoms. The van der Waals surface area contributed by atoms with Crippen LogP contribution >= 0.6 is 0 Å². The first kappa shape index (κ1) is 10.1. The lowest BCUT2D eigenvalue weighted by atomic mass is 9.60. The summed E-state index contributed by atoms with van der Waals surface area (Å²) < 4.78 is 1.74. The van der Waals surface area contributed by atoms with E-state index in [9.17, 15) is 9.90 Å². The molecule has 1 heterocycles. The van der Waals surface area contributed by atoms with E-state index >= 15 is 0 Å². The molecule has 1 unspecified atom stereocenters. The highest BCUT2D eigenvalue weighted by atomic mass is 16.3. The number of rotatable bonds is 1. The lowest BCUT2D eigenvalue weighted by Crippen LogP contribution is -2.64. The number of nitrogens with two attached hydrogens (primary N) is 1. The molecule has 0 radical (unpaired) electrons. The molecule has 5 heteroatoms. The van der Waals surface area contributed by atoms with E-state index in [1.165, 1.54) is 0 Å². The van der Waals surface area contributed by atoms with Gasteiger partial charge in [-0.15, -0.1) is 0 Å². The second-order valence-corrected chi connectivity index (χ2v) is 5.31. The molecule has 3 saturated carbocycles. The number of imidazole rings is 1. The Kier molecular flexibility index (Phi) is 1.89. The molecule has 1 aromatic heterocycles. The minimum absolute atomic E-state index is 0.0846. The molecular weight excluding hydrogens is 206 g/mol. The van der Waals surface area contributed by atoms with Gasteiger partial charge < -0.3 is 15.8 Å². The topological polar surface area (TPSA) is 84.0 Å². The van der Waals surface area contributed by atoms with Crippen LogP contribution < -0.4 is 11.4 Å². The number of hydrogen-bond acceptors (Lipinski definition) is 3. The van der Waals surface area contributed by atoms with Gasteiger partial charge in [0.15, 0.2) is 0 Å². The van der Waals surface area contributed by atoms with Gasteiger partial charge in [0.1, 0.15) is 0 Å². The first-order chi connectivity index (χ1) is 7.56. The predicted octanol–water partition coefficient (Wildman–Crippen LogP) is -0.0922. The van der Waals surface area contributed by atoms with Gasteiger partial charge in [-0.1, -0.05) is 0 Å². The van der Waals surface area contributed by atoms with E-state index in [1.807, 2.05) is 0 Å². The summed E-state index contributed by atoms with van der Waals surface area (Å²) in [4.78, 5) is 14.3. The fourth-order valence-electron chi connectivity index (χ4n) is 3.31. The molecular formula is C11H17N3O2. The van der Waals surface area contributed by atoms with Crippen LogP contribution in [0.15, 0.2) is 17.2 Å². The van der Waals surface area contributed by atoms with Crippen LogP contribution in [0.1, 0.15) is 32.1 Å². The van der Waals surface area contributed by atoms with Crippen molar-refractivity contribution in [2.24, 2.45) is 5.73 Å². The van der Waals surface area contributed by atoms with Crippen LogP contribution in [0, 0.1) is 0 Å². The standard InChI is InChI=1S/C11H17N3O2/c12-11-3-1-10(2-4-11,7-8(11)15)14-6-5-13-9(14)16/h5-6,8,15H,1-4,7,12H2,(H,13,16). The Morgan fingerprint density at radius 3 is 2.62 bits per heavy atom. The van der Waals surface area contributed by atoms with Gasteiger partial charge in [-0.3, -0.25) is 4.57 Å². The average molecular weight is 223 g/mol. The predicted molar refractivity (Wildman–Crippen MR) is 59.0 cm³/mol. The summed E-state index contributed by atoms with van der Waals surface area (Å²) in [5, 5.41) is 10.1. The third kappa shape index (κ3) is 1.15. The van der Waals surface area contributed by atoms with Crippen molar-refractivity contribution in [3.8, 4) is 0 Å². The zero-order valence-electron chi connectivity index (χ0n) is 9.15. The number of aromatic amines is 1. The average Bonchev–Trinajstić information content (AvgIpc) is 2.68. The normalized spacial score (nSPS) is 42.5. The van der Waals surface area contributed by atoms with Crippen LogP contribution in [0.25, 0.3) is 0 Å². The summed E-state index contributed by atoms with van der Waals surface area (Å²) in [5.41, 5.74) is 5.43. The van der Waals surface area contributed by atoms with Crippen molar-refractivity contribution < 1.29 is 5.11 Å². The summed E-state index contributed by atoms with van der Waals surface area (Å²) in [7, 11) is 0. The molecule has 4 N–H and O–H groups in total. The van der Waals surface area contributed by atoms with E-state index in [-0.39, 0.29) is 11.2 Å². The van der Waals surface area contributed by atoms with Crippen LogP contribution in [0.5, 0.6) is 0 Å². The highest BCUT2D eigenvalue weighted by molar-refractivity contribution is 5.11. The lowest BCUT2D eigenvalue weighted by molar-refractivity contribution is -0.0619. The van der Waals surface area contributed by atoms with Crippen molar-refractivity contribution in [1.29, 1.82) is 0 Å². The van der Waals surface area contributed by atoms with E-state index < -0.39 is 11.6 Å². The van der Waals surface area contributed by atoms with Gasteiger partial charge in [0.05, 0.1) is 11.6 Å². The molecule has 0 amide bonds. The molecule has 0 aromatic carbocycles. The Bertz CT molecular complexity index is 454. The van der Waals surface area contributed by atoms with Gasteiger partial charge in [0.2, 0.25) is 0 Å². The van der Waals surface area contributed by atoms with E-state index in [4.69, 9.17) is 5.73 Å². The molecule has 3 fully saturated rings. The molecule has 2 bridgehead atoms. The molecule has 3 aliphatic rings. The Hall–Kier alpha value is -1.07. The van der Waals surface area contributed by atoms with Crippen molar-refractivity contribution >= 4 is 0 Å². The number of aliphatic hydroxyl groups is 1. The van der Waals surface area contributed by atoms with E-state index in [0.717, 1.165) is 25.7 Å². The molecule has 0 saturated heterocycles. The van der Waals surface area contributed by atoms with Crippen LogP contribution in [0.2, 0.25) is 0 Å². The van der Waals surface area contributed by atoms with Crippen LogP contribution in [0.4, 0.5) is 0 Å². The third-order valence-electron chi connectivity index (χ3n) is 4.51. The second kappa shape index (κ2) is 2.99. The molecule has 88 valence electrons. The maximum absolute atomic E-state index is 11.7. The molecule has 5 nitrogen and oxygen atoms in total. The zero-order chi connectivity index (χ0) is 11.4. The molecule has 4 rings (SSSR count). The Balaban J connectivity index is 2.03. The summed E-state index contributed by atoms with van der Waals surface area (Å²) in [6, 6.07) is 0. The number of nitrogens with one attached hydrogen (secondary N) is 1. The second-order valence-electron chi connectivity index (χ2n) is 5.31. The number of fused-ring (bicyclic) bond motifs is 3. The van der Waals surface area contributed by atoms with Crippen molar-refractivity contribution in [3.63, 3.8) is 0 Å². The molecule has 1 aromatic rings. The number of aromatic nitrogens is 2. The molecule has 0 aliphatic heterocycles. The van der Waals surface area contributed by atoms with Crippen LogP contribution in [-0.4, -0.2) is 26.3 Å². The summed E-state index contributed by atoms with van der Waals surface area (Å²) in [6.07, 6.45) is 6.92. The van der Waals surface area contributed by atoms with Crippen molar-refractivity contribution in [2.45, 2.75) is 49.3 Å². The largest absolute Gasteiger partial charge is 0.391 e. The van der Waals surface area contributed by atoms with Crippen molar-refractivity contribution in [2.75, 3.05) is 0 Å². The van der Waals surface area contributed by atoms with Gasteiger partial charge in [-0.25, -0.2) is 4.79 Å². The molecule has 3 aliphatic carbocycles. The maximum atomic E-state index is 11.7. The molecule has 0 spiro atoms. The summed E-state index contributed by atoms with van der Waals surface area (Å²) in [5.74, 6) is 0. The van der Waals surface area contributed by atoms with E-state index in [2.05, 4.69) is 4.98 Å². The number of H-pyrrole nitrogens is 1. The fraction of sp³-hybridized carbons (Fsp3) is 0.727. The van der Waals surface area contributed by atoms with Gasteiger partial charge in [0.25, 0.3) is 0 Å². The smallest absolute Gasteiger partial charge is 0.325 e. The first-order valence-corrected chi connectivity index (χ1v) is 5.79. The fourth-order valence-corrected chi connectivity index (χ4v) is 3.31. The quantitative estimate of drug-likeness (QED) is 0.622. The van der Waals surface area contributed by atoms with E-state index in [1.54, 1.807) is 17.0 Å². The number of nitrogens with zero attached hydrogens (tertiary/aromatic N) is 1. The Morgan fingerprint density at radius 2 is 2.12 bits per heavy atom. The van der Waals surface area contributed by atoms with Crippen molar-refractivity contribution in [3.05, 3.63) is 22.9 Å². The number of aliphatic hydroxyl groups excluding tert-OH is 1. The van der Waals surface area contributed by atoms with Crippen LogP contribution in [-0.2, 0) is 5.54 Å². The van der Waals surface area contributed by atoms with Gasteiger partial charge in [0, 0.05) is 17.9 Å². The highest BCUT2D eigenvalue weighted by Crippen LogP contribution is 2.49. The number of hydrogen-bond donors (Lipinski definition) is 3. The third-order valence-corrected chi connectivity index (χ3v) is 4.51. The van der Waals surface area contributed by atoms with Gasteiger partial charge in [-0.05, 0) is 32.1 Å². The van der Waals surface area contributed by atoms with Gasteiger partial charge in [-0.2, -0.15) is 0 Å². The zero-order valence-corrected chi connectivity index (χ0v) is 9.15. The van der Waals surface area contributed by atoms with E-state index in [0.29, 0.717) is 6.42 Å². The SMILES string of the molecule is NC12CCC(n3cc[nH]c3=O)(CC1)CC2O. The lowest BCUT2D eigenvalue weighted by Gasteiger charge is -2.54. The maximum Gasteiger partial charge on any atom is 0.325 e. The van der Waals surface area contributed by atoms with Crippen molar-refractivity contribution in [1.82, 2.24) is 9.55 Å².